The number of fused-ring (bicyclic) bond motifs is 1. The van der Waals surface area contributed by atoms with Crippen molar-refractivity contribution in [2.24, 2.45) is 0 Å². The van der Waals surface area contributed by atoms with Gasteiger partial charge in [0.25, 0.3) is 5.56 Å². The highest BCUT2D eigenvalue weighted by Crippen LogP contribution is 2.34. The summed E-state index contributed by atoms with van der Waals surface area (Å²) in [6.07, 6.45) is 3.19. The zero-order valence-electron chi connectivity index (χ0n) is 15.1. The van der Waals surface area contributed by atoms with Crippen molar-refractivity contribution < 1.29 is 15.0 Å². The lowest BCUT2D eigenvalue weighted by Crippen LogP contribution is -2.25. The molecule has 6 heteroatoms. The van der Waals surface area contributed by atoms with E-state index in [0.717, 1.165) is 0 Å². The molecule has 1 aromatic carbocycles. The van der Waals surface area contributed by atoms with Crippen LogP contribution >= 0.6 is 0 Å². The van der Waals surface area contributed by atoms with Crippen molar-refractivity contribution in [2.45, 2.75) is 38.5 Å². The van der Waals surface area contributed by atoms with Gasteiger partial charge >= 0.3 is 5.97 Å². The fraction of sp³-hybridized carbons (Fsp3) is 0.286. The van der Waals surface area contributed by atoms with Crippen molar-refractivity contribution in [1.82, 2.24) is 9.55 Å². The SMILES string of the molecule is CCC(CCCC(=O)O)c1c(O)c2ncccc2n(-c2ccccc2)c1=O. The third-order valence-electron chi connectivity index (χ3n) is 4.80. The molecule has 0 bridgehead atoms. The van der Waals surface area contributed by atoms with Crippen LogP contribution in [0.3, 0.4) is 0 Å². The smallest absolute Gasteiger partial charge is 0.303 e. The molecule has 3 rings (SSSR count). The average molecular weight is 366 g/mol. The van der Waals surface area contributed by atoms with Crippen molar-refractivity contribution in [3.8, 4) is 11.4 Å². The Kier molecular flexibility index (Phi) is 5.54. The first kappa shape index (κ1) is 18.6. The van der Waals surface area contributed by atoms with Crippen LogP contribution in [0.5, 0.6) is 5.75 Å². The van der Waals surface area contributed by atoms with Crippen LogP contribution in [0.2, 0.25) is 0 Å². The van der Waals surface area contributed by atoms with Gasteiger partial charge in [0.1, 0.15) is 5.52 Å². The van der Waals surface area contributed by atoms with E-state index in [1.165, 1.54) is 0 Å². The maximum atomic E-state index is 13.4. The van der Waals surface area contributed by atoms with Gasteiger partial charge in [0.05, 0.1) is 11.1 Å². The Balaban J connectivity index is 2.21. The van der Waals surface area contributed by atoms with Gasteiger partial charge in [-0.3, -0.25) is 19.1 Å². The first-order valence-corrected chi connectivity index (χ1v) is 9.04. The summed E-state index contributed by atoms with van der Waals surface area (Å²) in [6, 6.07) is 12.7. The minimum atomic E-state index is -0.865. The topological polar surface area (TPSA) is 92.4 Å². The molecule has 2 aromatic heterocycles. The van der Waals surface area contributed by atoms with E-state index in [2.05, 4.69) is 4.98 Å². The van der Waals surface area contributed by atoms with E-state index in [-0.39, 0.29) is 23.6 Å². The van der Waals surface area contributed by atoms with Gasteiger partial charge in [-0.15, -0.1) is 0 Å². The molecule has 0 fully saturated rings. The van der Waals surface area contributed by atoms with Gasteiger partial charge in [-0.05, 0) is 49.4 Å². The maximum absolute atomic E-state index is 13.4. The standard InChI is InChI=1S/C21H22N2O4/c1-2-14(8-6-12-17(24)25)18-20(26)19-16(11-7-13-22-19)23(21(18)27)15-9-4-3-5-10-15/h3-5,7,9-11,13-14,26H,2,6,8,12H2,1H3,(H,24,25). The number of benzene rings is 1. The van der Waals surface area contributed by atoms with E-state index in [4.69, 9.17) is 5.11 Å². The lowest BCUT2D eigenvalue weighted by molar-refractivity contribution is -0.137. The Hall–Kier alpha value is -3.15. The van der Waals surface area contributed by atoms with E-state index >= 15 is 0 Å². The van der Waals surface area contributed by atoms with Gasteiger partial charge in [-0.25, -0.2) is 0 Å². The summed E-state index contributed by atoms with van der Waals surface area (Å²) < 4.78 is 1.57. The molecule has 6 nitrogen and oxygen atoms in total. The zero-order valence-corrected chi connectivity index (χ0v) is 15.1. The molecule has 0 aliphatic heterocycles. The fourth-order valence-electron chi connectivity index (χ4n) is 3.47. The first-order chi connectivity index (χ1) is 13.0. The molecule has 1 atom stereocenters. The molecule has 0 spiro atoms. The number of carboxylic acids is 1. The van der Waals surface area contributed by atoms with Crippen LogP contribution in [-0.4, -0.2) is 25.7 Å². The van der Waals surface area contributed by atoms with E-state index in [0.29, 0.717) is 41.5 Å². The zero-order chi connectivity index (χ0) is 19.4. The summed E-state index contributed by atoms with van der Waals surface area (Å²) in [5, 5.41) is 19.7. The minimum Gasteiger partial charge on any atom is -0.505 e. The Morgan fingerprint density at radius 1 is 1.19 bits per heavy atom. The second-order valence-electron chi connectivity index (χ2n) is 6.50. The van der Waals surface area contributed by atoms with E-state index < -0.39 is 5.97 Å². The molecular formula is C21H22N2O4. The number of hydrogen-bond acceptors (Lipinski definition) is 4. The highest BCUT2D eigenvalue weighted by Gasteiger charge is 2.24. The normalized spacial score (nSPS) is 12.2. The Bertz CT molecular complexity index is 1010. The Labute approximate surface area is 156 Å². The number of carboxylic acid groups (broad SMARTS) is 1. The van der Waals surface area contributed by atoms with Gasteiger partial charge in [0.15, 0.2) is 5.75 Å². The van der Waals surface area contributed by atoms with Crippen molar-refractivity contribution in [2.75, 3.05) is 0 Å². The third kappa shape index (κ3) is 3.69. The molecule has 1 unspecified atom stereocenters. The van der Waals surface area contributed by atoms with Crippen molar-refractivity contribution in [3.05, 3.63) is 64.6 Å². The number of nitrogens with zero attached hydrogens (tertiary/aromatic N) is 2. The van der Waals surface area contributed by atoms with Crippen LogP contribution in [0.15, 0.2) is 53.5 Å². The van der Waals surface area contributed by atoms with Crippen molar-refractivity contribution in [3.63, 3.8) is 0 Å². The quantitative estimate of drug-likeness (QED) is 0.663. The lowest BCUT2D eigenvalue weighted by Gasteiger charge is -2.20. The van der Waals surface area contributed by atoms with Gasteiger partial charge in [0.2, 0.25) is 0 Å². The first-order valence-electron chi connectivity index (χ1n) is 9.04. The number of aromatic nitrogens is 2. The molecule has 2 N–H and O–H groups in total. The van der Waals surface area contributed by atoms with Gasteiger partial charge in [0, 0.05) is 18.3 Å². The number of aliphatic carboxylic acids is 1. The maximum Gasteiger partial charge on any atom is 0.303 e. The Morgan fingerprint density at radius 2 is 1.93 bits per heavy atom. The van der Waals surface area contributed by atoms with Crippen LogP contribution in [-0.2, 0) is 4.79 Å². The molecule has 0 amide bonds. The summed E-state index contributed by atoms with van der Waals surface area (Å²) in [6.45, 7) is 1.93. The molecule has 0 saturated heterocycles. The van der Waals surface area contributed by atoms with Gasteiger partial charge < -0.3 is 10.2 Å². The second kappa shape index (κ2) is 8.03. The number of pyridine rings is 2. The monoisotopic (exact) mass is 366 g/mol. The predicted molar refractivity (Wildman–Crippen MR) is 104 cm³/mol. The molecular weight excluding hydrogens is 344 g/mol. The number of para-hydroxylation sites is 1. The second-order valence-corrected chi connectivity index (χ2v) is 6.50. The highest BCUT2D eigenvalue weighted by molar-refractivity contribution is 5.83. The lowest BCUT2D eigenvalue weighted by atomic mass is 9.90. The summed E-state index contributed by atoms with van der Waals surface area (Å²) in [5.74, 6) is -1.21. The molecule has 0 radical (unpaired) electrons. The van der Waals surface area contributed by atoms with Crippen LogP contribution < -0.4 is 5.56 Å². The molecule has 27 heavy (non-hydrogen) atoms. The summed E-state index contributed by atoms with van der Waals surface area (Å²) in [7, 11) is 0. The molecule has 0 aliphatic carbocycles. The van der Waals surface area contributed by atoms with E-state index in [1.807, 2.05) is 37.3 Å². The average Bonchev–Trinajstić information content (AvgIpc) is 2.67. The van der Waals surface area contributed by atoms with Crippen LogP contribution in [0, 0.1) is 0 Å². The minimum absolute atomic E-state index is 0.0377. The van der Waals surface area contributed by atoms with Crippen LogP contribution in [0.25, 0.3) is 16.7 Å². The third-order valence-corrected chi connectivity index (χ3v) is 4.80. The van der Waals surface area contributed by atoms with Gasteiger partial charge in [-0.1, -0.05) is 25.1 Å². The molecule has 2 heterocycles. The molecule has 140 valence electrons. The van der Waals surface area contributed by atoms with Crippen molar-refractivity contribution in [1.29, 1.82) is 0 Å². The molecule has 0 saturated carbocycles. The fourth-order valence-corrected chi connectivity index (χ4v) is 3.47. The molecule has 3 aromatic rings. The number of carbonyl (C=O) groups is 1. The number of hydrogen-bond donors (Lipinski definition) is 2. The van der Waals surface area contributed by atoms with Gasteiger partial charge in [-0.2, -0.15) is 0 Å². The predicted octanol–water partition coefficient (Wildman–Crippen LogP) is 3.84. The summed E-state index contributed by atoms with van der Waals surface area (Å²) >= 11 is 0. The number of rotatable bonds is 7. The largest absolute Gasteiger partial charge is 0.505 e. The highest BCUT2D eigenvalue weighted by atomic mass is 16.4. The molecule has 0 aliphatic rings. The Morgan fingerprint density at radius 3 is 2.59 bits per heavy atom. The van der Waals surface area contributed by atoms with E-state index in [9.17, 15) is 14.7 Å². The number of aromatic hydroxyl groups is 1. The summed E-state index contributed by atoms with van der Waals surface area (Å²) in [5.41, 5.74) is 1.62. The van der Waals surface area contributed by atoms with E-state index in [1.54, 1.807) is 22.9 Å². The van der Waals surface area contributed by atoms with Crippen molar-refractivity contribution >= 4 is 17.0 Å². The van der Waals surface area contributed by atoms with Crippen LogP contribution in [0.4, 0.5) is 0 Å². The summed E-state index contributed by atoms with van der Waals surface area (Å²) in [4.78, 5) is 28.5. The van der Waals surface area contributed by atoms with Crippen LogP contribution in [0.1, 0.15) is 44.1 Å².